The smallest absolute Gasteiger partial charge is 0.244 e. The first-order chi connectivity index (χ1) is 10.0. The Balaban J connectivity index is 1.91. The maximum Gasteiger partial charge on any atom is 0.244 e. The van der Waals surface area contributed by atoms with Crippen molar-refractivity contribution in [3.63, 3.8) is 0 Å². The third-order valence-electron chi connectivity index (χ3n) is 3.10. The van der Waals surface area contributed by atoms with Gasteiger partial charge in [-0.2, -0.15) is 5.10 Å². The van der Waals surface area contributed by atoms with E-state index in [1.54, 1.807) is 18.3 Å². The summed E-state index contributed by atoms with van der Waals surface area (Å²) in [7, 11) is 0. The van der Waals surface area contributed by atoms with Crippen molar-refractivity contribution in [1.29, 1.82) is 0 Å². The van der Waals surface area contributed by atoms with Crippen molar-refractivity contribution in [3.8, 4) is 0 Å². The number of benzene rings is 2. The summed E-state index contributed by atoms with van der Waals surface area (Å²) in [5, 5.41) is 4.65. The minimum Gasteiger partial charge on any atom is -0.273 e. The lowest BCUT2D eigenvalue weighted by molar-refractivity contribution is -0.120. The van der Waals surface area contributed by atoms with Crippen LogP contribution in [-0.4, -0.2) is 12.1 Å². The molecule has 2 rings (SSSR count). The van der Waals surface area contributed by atoms with Crippen LogP contribution in [0.3, 0.4) is 0 Å². The summed E-state index contributed by atoms with van der Waals surface area (Å²) in [5.41, 5.74) is 6.76. The number of nitrogens with zero attached hydrogens (tertiary/aromatic N) is 1. The Morgan fingerprint density at radius 2 is 1.90 bits per heavy atom. The van der Waals surface area contributed by atoms with Crippen LogP contribution in [0, 0.1) is 13.8 Å². The van der Waals surface area contributed by atoms with Crippen molar-refractivity contribution in [1.82, 2.24) is 5.43 Å². The maximum atomic E-state index is 11.8. The fourth-order valence-electron chi connectivity index (χ4n) is 1.97. The zero-order chi connectivity index (χ0) is 15.2. The second-order valence-electron chi connectivity index (χ2n) is 4.96. The van der Waals surface area contributed by atoms with Crippen LogP contribution in [-0.2, 0) is 11.2 Å². The molecular weight excluding hydrogens is 284 g/mol. The highest BCUT2D eigenvalue weighted by Gasteiger charge is 2.02. The van der Waals surface area contributed by atoms with Crippen LogP contribution >= 0.6 is 11.6 Å². The highest BCUT2D eigenvalue weighted by Crippen LogP contribution is 2.10. The van der Waals surface area contributed by atoms with Crippen LogP contribution < -0.4 is 5.43 Å². The van der Waals surface area contributed by atoms with E-state index in [0.717, 1.165) is 16.7 Å². The number of aryl methyl sites for hydroxylation is 2. The molecule has 21 heavy (non-hydrogen) atoms. The zero-order valence-electron chi connectivity index (χ0n) is 12.1. The first-order valence-corrected chi connectivity index (χ1v) is 7.06. The molecule has 0 unspecified atom stereocenters. The number of amides is 1. The summed E-state index contributed by atoms with van der Waals surface area (Å²) in [6, 6.07) is 13.3. The molecule has 0 aliphatic rings. The first kappa shape index (κ1) is 15.3. The van der Waals surface area contributed by atoms with Crippen LogP contribution in [0.15, 0.2) is 47.6 Å². The number of carbonyl (C=O) groups is 1. The number of carbonyl (C=O) groups excluding carboxylic acids is 1. The average Bonchev–Trinajstić information content (AvgIpc) is 2.44. The maximum absolute atomic E-state index is 11.8. The SMILES string of the molecule is Cc1ccc(C=NNC(=O)Cc2ccc(Cl)cc2)c(C)c1. The molecule has 0 atom stereocenters. The molecule has 0 spiro atoms. The van der Waals surface area contributed by atoms with Gasteiger partial charge in [0.1, 0.15) is 0 Å². The van der Waals surface area contributed by atoms with Crippen molar-refractivity contribution in [3.05, 3.63) is 69.7 Å². The Bertz CT molecular complexity index is 663. The van der Waals surface area contributed by atoms with E-state index in [1.165, 1.54) is 5.56 Å². The second-order valence-corrected chi connectivity index (χ2v) is 5.39. The van der Waals surface area contributed by atoms with E-state index in [9.17, 15) is 4.79 Å². The van der Waals surface area contributed by atoms with Gasteiger partial charge in [0.25, 0.3) is 0 Å². The number of hydrogen-bond donors (Lipinski definition) is 1. The highest BCUT2D eigenvalue weighted by atomic mass is 35.5. The minimum atomic E-state index is -0.154. The summed E-state index contributed by atoms with van der Waals surface area (Å²) in [4.78, 5) is 11.8. The molecule has 0 aliphatic heterocycles. The fourth-order valence-corrected chi connectivity index (χ4v) is 2.10. The fraction of sp³-hybridized carbons (Fsp3) is 0.176. The van der Waals surface area contributed by atoms with Crippen LogP contribution in [0.5, 0.6) is 0 Å². The number of hydrazone groups is 1. The number of rotatable bonds is 4. The van der Waals surface area contributed by atoms with E-state index < -0.39 is 0 Å². The second kappa shape index (κ2) is 7.04. The van der Waals surface area contributed by atoms with Crippen LogP contribution in [0.4, 0.5) is 0 Å². The predicted molar refractivity (Wildman–Crippen MR) is 86.8 cm³/mol. The van der Waals surface area contributed by atoms with Gasteiger partial charge >= 0.3 is 0 Å². The average molecular weight is 301 g/mol. The quantitative estimate of drug-likeness (QED) is 0.679. The Morgan fingerprint density at radius 1 is 1.19 bits per heavy atom. The molecular formula is C17H17ClN2O. The summed E-state index contributed by atoms with van der Waals surface area (Å²) in [6.45, 7) is 4.06. The molecule has 2 aromatic carbocycles. The molecule has 0 aliphatic carbocycles. The van der Waals surface area contributed by atoms with Gasteiger partial charge in [0.15, 0.2) is 0 Å². The predicted octanol–water partition coefficient (Wildman–Crippen LogP) is 3.65. The third-order valence-corrected chi connectivity index (χ3v) is 3.35. The summed E-state index contributed by atoms with van der Waals surface area (Å²) in [5.74, 6) is -0.154. The topological polar surface area (TPSA) is 41.5 Å². The first-order valence-electron chi connectivity index (χ1n) is 6.68. The van der Waals surface area contributed by atoms with E-state index in [-0.39, 0.29) is 12.3 Å². The molecule has 2 aromatic rings. The Kier molecular flexibility index (Phi) is 5.12. The highest BCUT2D eigenvalue weighted by molar-refractivity contribution is 6.30. The van der Waals surface area contributed by atoms with Gasteiger partial charge in [0, 0.05) is 5.02 Å². The zero-order valence-corrected chi connectivity index (χ0v) is 12.8. The standard InChI is InChI=1S/C17H17ClN2O/c1-12-3-6-15(13(2)9-12)11-19-20-17(21)10-14-4-7-16(18)8-5-14/h3-9,11H,10H2,1-2H3,(H,20,21). The molecule has 0 radical (unpaired) electrons. The Morgan fingerprint density at radius 3 is 2.57 bits per heavy atom. The summed E-state index contributed by atoms with van der Waals surface area (Å²) >= 11 is 5.80. The Labute approximate surface area is 129 Å². The van der Waals surface area contributed by atoms with Gasteiger partial charge in [-0.15, -0.1) is 0 Å². The van der Waals surface area contributed by atoms with Gasteiger partial charge in [-0.25, -0.2) is 5.43 Å². The molecule has 0 fully saturated rings. The molecule has 108 valence electrons. The molecule has 0 aromatic heterocycles. The number of hydrogen-bond acceptors (Lipinski definition) is 2. The lowest BCUT2D eigenvalue weighted by atomic mass is 10.1. The lowest BCUT2D eigenvalue weighted by Crippen LogP contribution is -2.19. The molecule has 0 heterocycles. The summed E-state index contributed by atoms with van der Waals surface area (Å²) in [6.07, 6.45) is 1.94. The summed E-state index contributed by atoms with van der Waals surface area (Å²) < 4.78 is 0. The normalized spacial score (nSPS) is 10.8. The van der Waals surface area contributed by atoms with E-state index in [2.05, 4.69) is 16.6 Å². The molecule has 3 nitrogen and oxygen atoms in total. The Hall–Kier alpha value is -2.13. The molecule has 4 heteroatoms. The van der Waals surface area contributed by atoms with E-state index in [0.29, 0.717) is 5.02 Å². The molecule has 1 N–H and O–H groups in total. The molecule has 0 saturated carbocycles. The number of halogens is 1. The van der Waals surface area contributed by atoms with Gasteiger partial charge in [0.2, 0.25) is 5.91 Å². The van der Waals surface area contributed by atoms with Crippen molar-refractivity contribution >= 4 is 23.7 Å². The molecule has 0 saturated heterocycles. The van der Waals surface area contributed by atoms with Crippen LogP contribution in [0.2, 0.25) is 5.02 Å². The van der Waals surface area contributed by atoms with E-state index >= 15 is 0 Å². The molecule has 0 bridgehead atoms. The van der Waals surface area contributed by atoms with Crippen molar-refractivity contribution in [2.75, 3.05) is 0 Å². The third kappa shape index (κ3) is 4.72. The van der Waals surface area contributed by atoms with Crippen molar-refractivity contribution in [2.45, 2.75) is 20.3 Å². The van der Waals surface area contributed by atoms with Gasteiger partial charge < -0.3 is 0 Å². The van der Waals surface area contributed by atoms with Gasteiger partial charge in [-0.3, -0.25) is 4.79 Å². The van der Waals surface area contributed by atoms with Crippen LogP contribution in [0.1, 0.15) is 22.3 Å². The van der Waals surface area contributed by atoms with E-state index in [4.69, 9.17) is 11.6 Å². The lowest BCUT2D eigenvalue weighted by Gasteiger charge is -2.02. The van der Waals surface area contributed by atoms with Crippen molar-refractivity contribution < 1.29 is 4.79 Å². The largest absolute Gasteiger partial charge is 0.273 e. The van der Waals surface area contributed by atoms with Crippen molar-refractivity contribution in [2.24, 2.45) is 5.10 Å². The number of nitrogens with one attached hydrogen (secondary N) is 1. The van der Waals surface area contributed by atoms with Crippen LogP contribution in [0.25, 0.3) is 0 Å². The van der Waals surface area contributed by atoms with E-state index in [1.807, 2.05) is 38.1 Å². The van der Waals surface area contributed by atoms with Gasteiger partial charge in [-0.1, -0.05) is 47.5 Å². The minimum absolute atomic E-state index is 0.154. The van der Waals surface area contributed by atoms with Gasteiger partial charge in [0.05, 0.1) is 12.6 Å². The molecule has 1 amide bonds. The monoisotopic (exact) mass is 300 g/mol. The van der Waals surface area contributed by atoms with Gasteiger partial charge in [-0.05, 0) is 42.7 Å².